The Labute approximate surface area is 143 Å². The molecule has 6 heteroatoms. The van der Waals surface area contributed by atoms with Gasteiger partial charge in [0.2, 0.25) is 5.91 Å². The molecule has 1 N–H and O–H groups in total. The fourth-order valence-electron chi connectivity index (χ4n) is 3.72. The lowest BCUT2D eigenvalue weighted by Crippen LogP contribution is -2.46. The van der Waals surface area contributed by atoms with Gasteiger partial charge in [-0.2, -0.15) is 0 Å². The van der Waals surface area contributed by atoms with Gasteiger partial charge in [0, 0.05) is 24.7 Å². The maximum Gasteiger partial charge on any atom is 0.242 e. The molecule has 0 spiro atoms. The predicted octanol–water partition coefficient (Wildman–Crippen LogP) is 2.35. The van der Waals surface area contributed by atoms with E-state index in [4.69, 9.17) is 0 Å². The molecule has 2 aliphatic heterocycles. The smallest absolute Gasteiger partial charge is 0.242 e. The van der Waals surface area contributed by atoms with E-state index in [0.717, 1.165) is 31.1 Å². The van der Waals surface area contributed by atoms with Crippen molar-refractivity contribution in [1.29, 1.82) is 0 Å². The zero-order valence-corrected chi connectivity index (χ0v) is 14.9. The Morgan fingerprint density at radius 1 is 1.35 bits per heavy atom. The second-order valence-corrected chi connectivity index (χ2v) is 7.57. The summed E-state index contributed by atoms with van der Waals surface area (Å²) in [5.41, 5.74) is 0. The predicted molar refractivity (Wildman–Crippen MR) is 94.9 cm³/mol. The third-order valence-electron chi connectivity index (χ3n) is 5.03. The number of nitrogens with zero attached hydrogens (tertiary/aromatic N) is 3. The van der Waals surface area contributed by atoms with Gasteiger partial charge in [0.1, 0.15) is 6.04 Å². The molecule has 2 aliphatic rings. The number of nitrogens with one attached hydrogen (secondary N) is 1. The van der Waals surface area contributed by atoms with Crippen LogP contribution in [-0.2, 0) is 4.79 Å². The van der Waals surface area contributed by atoms with E-state index in [-0.39, 0.29) is 11.9 Å². The summed E-state index contributed by atoms with van der Waals surface area (Å²) in [6.07, 6.45) is 7.49. The number of rotatable bonds is 6. The maximum atomic E-state index is 12.6. The largest absolute Gasteiger partial charge is 0.354 e. The molecule has 1 aromatic rings. The van der Waals surface area contributed by atoms with Gasteiger partial charge in [0.15, 0.2) is 5.13 Å². The van der Waals surface area contributed by atoms with Gasteiger partial charge in [-0.05, 0) is 57.7 Å². The number of anilines is 1. The van der Waals surface area contributed by atoms with Gasteiger partial charge in [-0.1, -0.05) is 6.92 Å². The van der Waals surface area contributed by atoms with Crippen molar-refractivity contribution in [3.05, 3.63) is 11.6 Å². The van der Waals surface area contributed by atoms with Crippen molar-refractivity contribution < 1.29 is 4.79 Å². The summed E-state index contributed by atoms with van der Waals surface area (Å²) in [5, 5.41) is 6.17. The number of amides is 1. The molecular formula is C17H28N4OS. The van der Waals surface area contributed by atoms with Crippen LogP contribution in [0, 0.1) is 5.92 Å². The highest BCUT2D eigenvalue weighted by molar-refractivity contribution is 7.13. The van der Waals surface area contributed by atoms with Crippen molar-refractivity contribution in [1.82, 2.24) is 15.2 Å². The van der Waals surface area contributed by atoms with Crippen molar-refractivity contribution in [2.24, 2.45) is 5.92 Å². The highest BCUT2D eigenvalue weighted by Gasteiger charge is 2.32. The first-order valence-electron chi connectivity index (χ1n) is 8.94. The number of aromatic nitrogens is 1. The Balaban J connectivity index is 1.44. The van der Waals surface area contributed by atoms with E-state index < -0.39 is 0 Å². The molecule has 0 saturated carbocycles. The summed E-state index contributed by atoms with van der Waals surface area (Å²) < 4.78 is 0. The molecule has 3 rings (SSSR count). The number of thiazole rings is 1. The molecule has 2 saturated heterocycles. The molecule has 23 heavy (non-hydrogen) atoms. The van der Waals surface area contributed by atoms with Crippen molar-refractivity contribution in [3.63, 3.8) is 0 Å². The van der Waals surface area contributed by atoms with Gasteiger partial charge in [0.05, 0.1) is 0 Å². The van der Waals surface area contributed by atoms with E-state index in [2.05, 4.69) is 27.0 Å². The van der Waals surface area contributed by atoms with Crippen LogP contribution >= 0.6 is 11.3 Å². The molecule has 1 atom stereocenters. The second-order valence-electron chi connectivity index (χ2n) is 6.70. The quantitative estimate of drug-likeness (QED) is 0.866. The second kappa shape index (κ2) is 8.11. The Bertz CT molecular complexity index is 485. The van der Waals surface area contributed by atoms with Crippen LogP contribution in [0.1, 0.15) is 39.0 Å². The van der Waals surface area contributed by atoms with Crippen LogP contribution in [0.25, 0.3) is 0 Å². The SMILES string of the molecule is CCCN1CCC(CNC(=O)[C@H]2CCCN2c2nccs2)CC1. The number of likely N-dealkylation sites (tertiary alicyclic amines) is 1. The fourth-order valence-corrected chi connectivity index (χ4v) is 4.44. The first-order valence-corrected chi connectivity index (χ1v) is 9.82. The lowest BCUT2D eigenvalue weighted by atomic mass is 9.96. The molecule has 3 heterocycles. The highest BCUT2D eigenvalue weighted by Crippen LogP contribution is 2.27. The van der Waals surface area contributed by atoms with Crippen LogP contribution in [0.5, 0.6) is 0 Å². The van der Waals surface area contributed by atoms with E-state index in [9.17, 15) is 4.79 Å². The number of piperidine rings is 1. The highest BCUT2D eigenvalue weighted by atomic mass is 32.1. The maximum absolute atomic E-state index is 12.6. The molecule has 0 aliphatic carbocycles. The molecule has 1 aromatic heterocycles. The van der Waals surface area contributed by atoms with Gasteiger partial charge in [-0.3, -0.25) is 4.79 Å². The first kappa shape index (κ1) is 16.7. The molecule has 0 radical (unpaired) electrons. The third kappa shape index (κ3) is 4.23. The number of carbonyl (C=O) groups is 1. The molecule has 0 unspecified atom stereocenters. The summed E-state index contributed by atoms with van der Waals surface area (Å²) in [7, 11) is 0. The molecule has 5 nitrogen and oxygen atoms in total. The number of carbonyl (C=O) groups excluding carboxylic acids is 1. The number of hydrogen-bond donors (Lipinski definition) is 1. The zero-order valence-electron chi connectivity index (χ0n) is 14.0. The summed E-state index contributed by atoms with van der Waals surface area (Å²) >= 11 is 1.62. The van der Waals surface area contributed by atoms with Crippen molar-refractivity contribution >= 4 is 22.4 Å². The van der Waals surface area contributed by atoms with Gasteiger partial charge in [-0.25, -0.2) is 4.98 Å². The van der Waals surface area contributed by atoms with Crippen LogP contribution < -0.4 is 10.2 Å². The van der Waals surface area contributed by atoms with Crippen LogP contribution in [0.3, 0.4) is 0 Å². The summed E-state index contributed by atoms with van der Waals surface area (Å²) in [4.78, 5) is 21.7. The Morgan fingerprint density at radius 2 is 2.17 bits per heavy atom. The van der Waals surface area contributed by atoms with E-state index in [1.54, 1.807) is 11.3 Å². The molecule has 1 amide bonds. The lowest BCUT2D eigenvalue weighted by molar-refractivity contribution is -0.122. The topological polar surface area (TPSA) is 48.5 Å². The monoisotopic (exact) mass is 336 g/mol. The average Bonchev–Trinajstić information content (AvgIpc) is 3.25. The van der Waals surface area contributed by atoms with E-state index >= 15 is 0 Å². The van der Waals surface area contributed by atoms with Crippen LogP contribution in [0.15, 0.2) is 11.6 Å². The lowest BCUT2D eigenvalue weighted by Gasteiger charge is -2.32. The molecular weight excluding hydrogens is 308 g/mol. The normalized spacial score (nSPS) is 23.3. The fraction of sp³-hybridized carbons (Fsp3) is 0.765. The average molecular weight is 337 g/mol. The summed E-state index contributed by atoms with van der Waals surface area (Å²) in [6.45, 7) is 7.60. The molecule has 2 fully saturated rings. The van der Waals surface area contributed by atoms with Crippen LogP contribution in [-0.4, -0.2) is 54.6 Å². The number of hydrogen-bond acceptors (Lipinski definition) is 5. The van der Waals surface area contributed by atoms with Crippen LogP contribution in [0.4, 0.5) is 5.13 Å². The summed E-state index contributed by atoms with van der Waals surface area (Å²) in [5.74, 6) is 0.829. The minimum absolute atomic E-state index is 0.0265. The minimum atomic E-state index is -0.0265. The minimum Gasteiger partial charge on any atom is -0.354 e. The molecule has 0 aromatic carbocycles. The van der Waals surface area contributed by atoms with E-state index in [0.29, 0.717) is 5.92 Å². The Hall–Kier alpha value is -1.14. The zero-order chi connectivity index (χ0) is 16.1. The van der Waals surface area contributed by atoms with E-state index in [1.165, 1.54) is 38.9 Å². The van der Waals surface area contributed by atoms with E-state index in [1.807, 2.05) is 11.6 Å². The molecule has 0 bridgehead atoms. The Morgan fingerprint density at radius 3 is 2.87 bits per heavy atom. The van der Waals surface area contributed by atoms with Crippen LogP contribution in [0.2, 0.25) is 0 Å². The van der Waals surface area contributed by atoms with Crippen molar-refractivity contribution in [2.45, 2.75) is 45.1 Å². The van der Waals surface area contributed by atoms with Gasteiger partial charge < -0.3 is 15.1 Å². The van der Waals surface area contributed by atoms with Crippen molar-refractivity contribution in [3.8, 4) is 0 Å². The Kier molecular flexibility index (Phi) is 5.89. The van der Waals surface area contributed by atoms with Gasteiger partial charge >= 0.3 is 0 Å². The first-order chi connectivity index (χ1) is 11.3. The van der Waals surface area contributed by atoms with Crippen molar-refractivity contribution in [2.75, 3.05) is 37.6 Å². The van der Waals surface area contributed by atoms with Gasteiger partial charge in [-0.15, -0.1) is 11.3 Å². The molecule has 128 valence electrons. The summed E-state index contributed by atoms with van der Waals surface area (Å²) in [6, 6.07) is -0.0265. The standard InChI is InChI=1S/C17H28N4OS/c1-2-8-20-10-5-14(6-11-20)13-19-16(22)15-4-3-9-21(15)17-18-7-12-23-17/h7,12,14-15H,2-6,8-11,13H2,1H3,(H,19,22)/t15-/m1/s1. The third-order valence-corrected chi connectivity index (χ3v) is 5.84. The van der Waals surface area contributed by atoms with Gasteiger partial charge in [0.25, 0.3) is 0 Å².